The van der Waals surface area contributed by atoms with Crippen LogP contribution in [0, 0.1) is 0 Å². The van der Waals surface area contributed by atoms with Crippen molar-refractivity contribution in [2.75, 3.05) is 0 Å². The highest BCUT2D eigenvalue weighted by molar-refractivity contribution is 5.49. The fourth-order valence-corrected chi connectivity index (χ4v) is 3.24. The zero-order valence-electron chi connectivity index (χ0n) is 14.2. The van der Waals surface area contributed by atoms with E-state index in [0.29, 0.717) is 5.92 Å². The van der Waals surface area contributed by atoms with Gasteiger partial charge >= 0.3 is 0 Å². The highest BCUT2D eigenvalue weighted by atomic mass is 14.3. The van der Waals surface area contributed by atoms with E-state index in [1.165, 1.54) is 22.3 Å². The molecule has 0 aliphatic heterocycles. The van der Waals surface area contributed by atoms with Crippen LogP contribution in [0.25, 0.3) is 0 Å². The molecule has 0 unspecified atom stereocenters. The van der Waals surface area contributed by atoms with Crippen LogP contribution in [0.2, 0.25) is 0 Å². The molecule has 0 saturated heterocycles. The molecule has 0 aliphatic rings. The molecule has 0 spiro atoms. The number of hydrogen-bond acceptors (Lipinski definition) is 0. The molecule has 0 N–H and O–H groups in total. The Morgan fingerprint density at radius 1 is 0.565 bits per heavy atom. The summed E-state index contributed by atoms with van der Waals surface area (Å²) in [5.74, 6) is 0.559. The van der Waals surface area contributed by atoms with Crippen molar-refractivity contribution in [1.29, 1.82) is 0 Å². The second-order valence-electron chi connectivity index (χ2n) is 6.63. The topological polar surface area (TPSA) is 0 Å². The van der Waals surface area contributed by atoms with Gasteiger partial charge in [0.2, 0.25) is 0 Å². The van der Waals surface area contributed by atoms with Crippen LogP contribution in [0.1, 0.15) is 48.9 Å². The Labute approximate surface area is 139 Å². The monoisotopic (exact) mass is 300 g/mol. The van der Waals surface area contributed by atoms with Gasteiger partial charge in [-0.05, 0) is 35.1 Å². The van der Waals surface area contributed by atoms with Crippen LogP contribution in [0.3, 0.4) is 0 Å². The third-order valence-electron chi connectivity index (χ3n) is 4.86. The summed E-state index contributed by atoms with van der Waals surface area (Å²) in [7, 11) is 0. The molecule has 0 bridgehead atoms. The molecular weight excluding hydrogens is 276 g/mol. The lowest BCUT2D eigenvalue weighted by atomic mass is 9.71. The predicted molar refractivity (Wildman–Crippen MR) is 99.0 cm³/mol. The third-order valence-corrected chi connectivity index (χ3v) is 4.86. The standard InChI is InChI=1S/C23H24/c1-18(2)19-14-16-22(17-15-19)23(3,20-10-6-4-7-11-20)21-12-8-5-9-13-21/h4-18H,1-3H3. The number of benzene rings is 3. The van der Waals surface area contributed by atoms with Crippen molar-refractivity contribution in [1.82, 2.24) is 0 Å². The Kier molecular flexibility index (Phi) is 4.34. The summed E-state index contributed by atoms with van der Waals surface area (Å²) in [4.78, 5) is 0. The Balaban J connectivity index is 2.16. The molecule has 0 fully saturated rings. The van der Waals surface area contributed by atoms with Crippen molar-refractivity contribution in [3.63, 3.8) is 0 Å². The van der Waals surface area contributed by atoms with E-state index in [2.05, 4.69) is 106 Å². The predicted octanol–water partition coefficient (Wildman–Crippen LogP) is 6.16. The van der Waals surface area contributed by atoms with Gasteiger partial charge in [-0.15, -0.1) is 0 Å². The Morgan fingerprint density at radius 2 is 0.957 bits per heavy atom. The van der Waals surface area contributed by atoms with Gasteiger partial charge in [0, 0.05) is 5.41 Å². The summed E-state index contributed by atoms with van der Waals surface area (Å²) in [5.41, 5.74) is 5.22. The molecule has 3 rings (SSSR count). The van der Waals surface area contributed by atoms with E-state index in [0.717, 1.165) is 0 Å². The van der Waals surface area contributed by atoms with E-state index in [1.807, 2.05) is 0 Å². The lowest BCUT2D eigenvalue weighted by Crippen LogP contribution is -2.25. The molecule has 0 radical (unpaired) electrons. The highest BCUT2D eigenvalue weighted by Crippen LogP contribution is 2.38. The van der Waals surface area contributed by atoms with Crippen molar-refractivity contribution in [3.8, 4) is 0 Å². The Morgan fingerprint density at radius 3 is 1.35 bits per heavy atom. The van der Waals surface area contributed by atoms with Crippen LogP contribution < -0.4 is 0 Å². The van der Waals surface area contributed by atoms with Crippen LogP contribution in [-0.2, 0) is 5.41 Å². The Hall–Kier alpha value is -2.34. The van der Waals surface area contributed by atoms with Crippen LogP contribution in [0.4, 0.5) is 0 Å². The van der Waals surface area contributed by atoms with Crippen LogP contribution in [0.15, 0.2) is 84.9 Å². The molecule has 0 aromatic heterocycles. The summed E-state index contributed by atoms with van der Waals surface area (Å²) in [6, 6.07) is 30.7. The molecule has 3 aromatic rings. The largest absolute Gasteiger partial charge is 0.0622 e. The molecule has 0 saturated carbocycles. The zero-order valence-corrected chi connectivity index (χ0v) is 14.2. The van der Waals surface area contributed by atoms with E-state index in [4.69, 9.17) is 0 Å². The fourth-order valence-electron chi connectivity index (χ4n) is 3.24. The van der Waals surface area contributed by atoms with E-state index >= 15 is 0 Å². The van der Waals surface area contributed by atoms with Gasteiger partial charge < -0.3 is 0 Å². The van der Waals surface area contributed by atoms with Crippen LogP contribution >= 0.6 is 0 Å². The smallest absolute Gasteiger partial charge is 0.0423 e. The average Bonchev–Trinajstić information content (AvgIpc) is 2.62. The van der Waals surface area contributed by atoms with Gasteiger partial charge in [-0.1, -0.05) is 98.8 Å². The first-order chi connectivity index (χ1) is 11.1. The summed E-state index contributed by atoms with van der Waals surface area (Å²) >= 11 is 0. The first-order valence-corrected chi connectivity index (χ1v) is 8.34. The summed E-state index contributed by atoms with van der Waals surface area (Å²) in [5, 5.41) is 0. The second-order valence-corrected chi connectivity index (χ2v) is 6.63. The molecule has 0 amide bonds. The lowest BCUT2D eigenvalue weighted by molar-refractivity contribution is 0.691. The zero-order chi connectivity index (χ0) is 16.3. The normalized spacial score (nSPS) is 11.7. The van der Waals surface area contributed by atoms with Gasteiger partial charge in [0.1, 0.15) is 0 Å². The van der Waals surface area contributed by atoms with E-state index in [9.17, 15) is 0 Å². The summed E-state index contributed by atoms with van der Waals surface area (Å²) in [6.07, 6.45) is 0. The first-order valence-electron chi connectivity index (χ1n) is 8.34. The maximum absolute atomic E-state index is 2.32. The van der Waals surface area contributed by atoms with Gasteiger partial charge in [0.25, 0.3) is 0 Å². The van der Waals surface area contributed by atoms with E-state index in [1.54, 1.807) is 0 Å². The van der Waals surface area contributed by atoms with Crippen molar-refractivity contribution in [3.05, 3.63) is 107 Å². The van der Waals surface area contributed by atoms with Crippen LogP contribution in [-0.4, -0.2) is 0 Å². The maximum atomic E-state index is 2.32. The van der Waals surface area contributed by atoms with Crippen LogP contribution in [0.5, 0.6) is 0 Å². The fraction of sp³-hybridized carbons (Fsp3) is 0.217. The van der Waals surface area contributed by atoms with Gasteiger partial charge in [-0.25, -0.2) is 0 Å². The molecule has 0 nitrogen and oxygen atoms in total. The van der Waals surface area contributed by atoms with Gasteiger partial charge in [-0.3, -0.25) is 0 Å². The molecular formula is C23H24. The number of hydrogen-bond donors (Lipinski definition) is 0. The minimum absolute atomic E-state index is 0.141. The maximum Gasteiger partial charge on any atom is 0.0423 e. The SMILES string of the molecule is CC(C)c1ccc(C(C)(c2ccccc2)c2ccccc2)cc1. The first kappa shape index (κ1) is 15.6. The Bertz CT molecular complexity index is 698. The van der Waals surface area contributed by atoms with Crippen molar-refractivity contribution >= 4 is 0 Å². The number of rotatable bonds is 4. The minimum atomic E-state index is -0.141. The average molecular weight is 300 g/mol. The molecule has 0 heterocycles. The summed E-state index contributed by atoms with van der Waals surface area (Å²) < 4.78 is 0. The van der Waals surface area contributed by atoms with Crippen molar-refractivity contribution in [2.24, 2.45) is 0 Å². The van der Waals surface area contributed by atoms with Crippen molar-refractivity contribution < 1.29 is 0 Å². The summed E-state index contributed by atoms with van der Waals surface area (Å²) in [6.45, 7) is 6.80. The van der Waals surface area contributed by atoms with Gasteiger partial charge in [0.15, 0.2) is 0 Å². The molecule has 0 heteroatoms. The highest BCUT2D eigenvalue weighted by Gasteiger charge is 2.30. The van der Waals surface area contributed by atoms with Gasteiger partial charge in [0.05, 0.1) is 0 Å². The van der Waals surface area contributed by atoms with E-state index < -0.39 is 0 Å². The molecule has 0 aliphatic carbocycles. The van der Waals surface area contributed by atoms with Crippen molar-refractivity contribution in [2.45, 2.75) is 32.1 Å². The second kappa shape index (κ2) is 6.42. The lowest BCUT2D eigenvalue weighted by Gasteiger charge is -2.32. The minimum Gasteiger partial charge on any atom is -0.0622 e. The quantitative estimate of drug-likeness (QED) is 0.506. The third kappa shape index (κ3) is 2.94. The molecule has 0 atom stereocenters. The van der Waals surface area contributed by atoms with E-state index in [-0.39, 0.29) is 5.41 Å². The molecule has 3 aromatic carbocycles. The van der Waals surface area contributed by atoms with Gasteiger partial charge in [-0.2, -0.15) is 0 Å². The molecule has 116 valence electrons. The molecule has 23 heavy (non-hydrogen) atoms.